The van der Waals surface area contributed by atoms with Gasteiger partial charge in [0.2, 0.25) is 0 Å². The maximum atomic E-state index is 12.4. The van der Waals surface area contributed by atoms with E-state index in [1.807, 2.05) is 38.1 Å². The van der Waals surface area contributed by atoms with Crippen molar-refractivity contribution in [3.05, 3.63) is 74.1 Å². The Kier molecular flexibility index (Phi) is 4.97. The number of aryl methyl sites for hydroxylation is 2. The summed E-state index contributed by atoms with van der Waals surface area (Å²) in [5.41, 5.74) is 1.63. The first-order valence-electron chi connectivity index (χ1n) is 8.47. The summed E-state index contributed by atoms with van der Waals surface area (Å²) in [5, 5.41) is 3.06. The minimum Gasteiger partial charge on any atom is -0.348 e. The molecule has 0 spiro atoms. The number of aromatic amines is 1. The van der Waals surface area contributed by atoms with Gasteiger partial charge in [-0.3, -0.25) is 19.1 Å². The third-order valence-corrected chi connectivity index (χ3v) is 4.24. The summed E-state index contributed by atoms with van der Waals surface area (Å²) in [5.74, 6) is -0.324. The molecule has 0 fully saturated rings. The van der Waals surface area contributed by atoms with Crippen LogP contribution >= 0.6 is 0 Å². The van der Waals surface area contributed by atoms with Crippen LogP contribution in [0.2, 0.25) is 0 Å². The van der Waals surface area contributed by atoms with E-state index in [9.17, 15) is 14.4 Å². The predicted molar refractivity (Wildman–Crippen MR) is 99.3 cm³/mol. The summed E-state index contributed by atoms with van der Waals surface area (Å²) in [6.07, 6.45) is 2.11. The first kappa shape index (κ1) is 17.6. The average Bonchev–Trinajstić information content (AvgIpc) is 2.64. The summed E-state index contributed by atoms with van der Waals surface area (Å²) < 4.78 is 1.41. The van der Waals surface area contributed by atoms with Gasteiger partial charge in [0.15, 0.2) is 0 Å². The molecule has 1 aromatic carbocycles. The Bertz CT molecular complexity index is 1080. The van der Waals surface area contributed by atoms with Gasteiger partial charge in [0, 0.05) is 19.3 Å². The van der Waals surface area contributed by atoms with Crippen molar-refractivity contribution in [1.29, 1.82) is 0 Å². The van der Waals surface area contributed by atoms with Gasteiger partial charge in [-0.05, 0) is 30.5 Å². The standard InChI is InChI=1S/C19H20N4O3/c1-3-8-23-16-15(18(25)22-19(23)26)9-14(11-20-16)17(24)21-10-13-7-5-4-6-12(13)2/h4-7,9,11H,3,8,10H2,1-2H3,(H,21,24)(H,22,25,26). The molecule has 26 heavy (non-hydrogen) atoms. The molecule has 0 saturated heterocycles. The Morgan fingerprint density at radius 2 is 2.04 bits per heavy atom. The number of hydrogen-bond acceptors (Lipinski definition) is 4. The highest BCUT2D eigenvalue weighted by molar-refractivity contribution is 5.96. The van der Waals surface area contributed by atoms with Gasteiger partial charge in [0.25, 0.3) is 11.5 Å². The lowest BCUT2D eigenvalue weighted by Gasteiger charge is -2.10. The third-order valence-electron chi connectivity index (χ3n) is 4.24. The second-order valence-corrected chi connectivity index (χ2v) is 6.12. The van der Waals surface area contributed by atoms with Crippen LogP contribution < -0.4 is 16.6 Å². The number of carbonyl (C=O) groups is 1. The summed E-state index contributed by atoms with van der Waals surface area (Å²) in [7, 11) is 0. The van der Waals surface area contributed by atoms with Crippen LogP contribution in [0, 0.1) is 6.92 Å². The normalized spacial score (nSPS) is 10.8. The van der Waals surface area contributed by atoms with Crippen molar-refractivity contribution in [3.8, 4) is 0 Å². The highest BCUT2D eigenvalue weighted by atomic mass is 16.2. The highest BCUT2D eigenvalue weighted by Crippen LogP contribution is 2.10. The van der Waals surface area contributed by atoms with Crippen LogP contribution in [0.1, 0.15) is 34.8 Å². The Morgan fingerprint density at radius 3 is 2.77 bits per heavy atom. The first-order valence-corrected chi connectivity index (χ1v) is 8.47. The quantitative estimate of drug-likeness (QED) is 0.731. The van der Waals surface area contributed by atoms with Crippen LogP contribution in [-0.4, -0.2) is 20.4 Å². The molecular weight excluding hydrogens is 332 g/mol. The lowest BCUT2D eigenvalue weighted by atomic mass is 10.1. The first-order chi connectivity index (χ1) is 12.5. The van der Waals surface area contributed by atoms with E-state index in [0.717, 1.165) is 17.5 Å². The molecule has 0 aliphatic rings. The summed E-state index contributed by atoms with van der Waals surface area (Å²) in [6, 6.07) is 9.25. The second-order valence-electron chi connectivity index (χ2n) is 6.12. The minimum atomic E-state index is -0.543. The van der Waals surface area contributed by atoms with E-state index in [0.29, 0.717) is 13.1 Å². The smallest absolute Gasteiger partial charge is 0.329 e. The van der Waals surface area contributed by atoms with Crippen LogP contribution in [0.4, 0.5) is 0 Å². The molecule has 0 aliphatic heterocycles. The monoisotopic (exact) mass is 352 g/mol. The molecule has 3 rings (SSSR count). The Hall–Kier alpha value is -3.22. The molecule has 1 amide bonds. The number of hydrogen-bond donors (Lipinski definition) is 2. The van der Waals surface area contributed by atoms with E-state index in [1.54, 1.807) is 0 Å². The van der Waals surface area contributed by atoms with Crippen molar-refractivity contribution in [2.75, 3.05) is 0 Å². The van der Waals surface area contributed by atoms with Gasteiger partial charge >= 0.3 is 5.69 Å². The summed E-state index contributed by atoms with van der Waals surface area (Å²) in [6.45, 7) is 4.73. The molecule has 2 aromatic heterocycles. The zero-order valence-corrected chi connectivity index (χ0v) is 14.7. The van der Waals surface area contributed by atoms with Gasteiger partial charge in [-0.15, -0.1) is 0 Å². The van der Waals surface area contributed by atoms with E-state index in [-0.39, 0.29) is 22.5 Å². The number of aromatic nitrogens is 3. The van der Waals surface area contributed by atoms with Crippen LogP contribution in [0.15, 0.2) is 46.1 Å². The zero-order chi connectivity index (χ0) is 18.7. The Balaban J connectivity index is 1.91. The number of H-pyrrole nitrogens is 1. The van der Waals surface area contributed by atoms with Gasteiger partial charge in [-0.2, -0.15) is 0 Å². The minimum absolute atomic E-state index is 0.224. The van der Waals surface area contributed by atoms with E-state index < -0.39 is 11.2 Å². The molecule has 7 nitrogen and oxygen atoms in total. The van der Waals surface area contributed by atoms with Gasteiger partial charge < -0.3 is 5.32 Å². The fraction of sp³-hybridized carbons (Fsp3) is 0.263. The number of nitrogens with zero attached hydrogens (tertiary/aromatic N) is 2. The van der Waals surface area contributed by atoms with E-state index in [2.05, 4.69) is 15.3 Å². The summed E-state index contributed by atoms with van der Waals surface area (Å²) >= 11 is 0. The lowest BCUT2D eigenvalue weighted by molar-refractivity contribution is 0.0950. The van der Waals surface area contributed by atoms with E-state index in [1.165, 1.54) is 16.8 Å². The van der Waals surface area contributed by atoms with E-state index >= 15 is 0 Å². The van der Waals surface area contributed by atoms with Gasteiger partial charge in [0.05, 0.1) is 10.9 Å². The second kappa shape index (κ2) is 7.35. The van der Waals surface area contributed by atoms with Gasteiger partial charge in [0.1, 0.15) is 5.65 Å². The number of pyridine rings is 1. The average molecular weight is 352 g/mol. The van der Waals surface area contributed by atoms with Gasteiger partial charge in [-0.1, -0.05) is 31.2 Å². The molecule has 3 aromatic rings. The lowest BCUT2D eigenvalue weighted by Crippen LogP contribution is -2.31. The molecule has 0 atom stereocenters. The Morgan fingerprint density at radius 1 is 1.27 bits per heavy atom. The summed E-state index contributed by atoms with van der Waals surface area (Å²) in [4.78, 5) is 43.0. The Labute approximate surface area is 149 Å². The van der Waals surface area contributed by atoms with Crippen molar-refractivity contribution in [3.63, 3.8) is 0 Å². The maximum Gasteiger partial charge on any atom is 0.329 e. The number of benzene rings is 1. The van der Waals surface area contributed by atoms with Crippen LogP contribution in [0.3, 0.4) is 0 Å². The van der Waals surface area contributed by atoms with Crippen LogP contribution in [0.25, 0.3) is 11.0 Å². The maximum absolute atomic E-state index is 12.4. The molecule has 0 aliphatic carbocycles. The van der Waals surface area contributed by atoms with Gasteiger partial charge in [-0.25, -0.2) is 9.78 Å². The molecular formula is C19H20N4O3. The molecule has 0 bridgehead atoms. The number of carbonyl (C=O) groups excluding carboxylic acids is 1. The number of nitrogens with one attached hydrogen (secondary N) is 2. The molecule has 2 heterocycles. The van der Waals surface area contributed by atoms with E-state index in [4.69, 9.17) is 0 Å². The predicted octanol–water partition coefficient (Wildman–Crippen LogP) is 1.73. The van der Waals surface area contributed by atoms with Crippen molar-refractivity contribution < 1.29 is 4.79 Å². The molecule has 0 radical (unpaired) electrons. The third kappa shape index (κ3) is 3.42. The largest absolute Gasteiger partial charge is 0.348 e. The SMILES string of the molecule is CCCn1c(=O)[nH]c(=O)c2cc(C(=O)NCc3ccccc3C)cnc21. The van der Waals surface area contributed by atoms with Crippen molar-refractivity contribution >= 4 is 16.9 Å². The molecule has 134 valence electrons. The highest BCUT2D eigenvalue weighted by Gasteiger charge is 2.13. The number of amides is 1. The fourth-order valence-corrected chi connectivity index (χ4v) is 2.81. The van der Waals surface area contributed by atoms with Crippen molar-refractivity contribution in [2.45, 2.75) is 33.4 Å². The molecule has 0 saturated carbocycles. The molecule has 7 heteroatoms. The number of rotatable bonds is 5. The number of fused-ring (bicyclic) bond motifs is 1. The zero-order valence-electron chi connectivity index (χ0n) is 14.7. The molecule has 0 unspecified atom stereocenters. The van der Waals surface area contributed by atoms with Crippen molar-refractivity contribution in [2.24, 2.45) is 0 Å². The fourth-order valence-electron chi connectivity index (χ4n) is 2.81. The van der Waals surface area contributed by atoms with Crippen LogP contribution in [-0.2, 0) is 13.1 Å². The van der Waals surface area contributed by atoms with Crippen LogP contribution in [0.5, 0.6) is 0 Å². The molecule has 2 N–H and O–H groups in total. The topological polar surface area (TPSA) is 96.9 Å². The van der Waals surface area contributed by atoms with Crippen molar-refractivity contribution in [1.82, 2.24) is 19.9 Å².